The second-order valence-corrected chi connectivity index (χ2v) is 15.8. The lowest BCUT2D eigenvalue weighted by Crippen LogP contribution is -2.52. The molecule has 1 saturated carbocycles. The highest BCUT2D eigenvalue weighted by molar-refractivity contribution is 7.92. The maximum absolute atomic E-state index is 13.6. The molecule has 13 heteroatoms. The Labute approximate surface area is 202 Å². The molecule has 0 radical (unpaired) electrons. The number of pyridine rings is 1. The lowest BCUT2D eigenvalue weighted by atomic mass is 9.79. The van der Waals surface area contributed by atoms with Crippen molar-refractivity contribution in [1.29, 1.82) is 0 Å². The highest BCUT2D eigenvalue weighted by Gasteiger charge is 2.47. The van der Waals surface area contributed by atoms with Gasteiger partial charge in [-0.3, -0.25) is 0 Å². The summed E-state index contributed by atoms with van der Waals surface area (Å²) in [7, 11) is -11.1. The van der Waals surface area contributed by atoms with E-state index in [4.69, 9.17) is 5.73 Å². The lowest BCUT2D eigenvalue weighted by molar-refractivity contribution is 0.253. The van der Waals surface area contributed by atoms with Gasteiger partial charge in [-0.1, -0.05) is 32.1 Å². The molecule has 3 fully saturated rings. The second-order valence-electron chi connectivity index (χ2n) is 9.66. The van der Waals surface area contributed by atoms with Crippen LogP contribution in [0.25, 0.3) is 0 Å². The molecule has 0 amide bonds. The number of nitrogens with two attached hydrogens (primary N) is 1. The first-order valence-electron chi connectivity index (χ1n) is 11.9. The Morgan fingerprint density at radius 1 is 1.03 bits per heavy atom. The van der Waals surface area contributed by atoms with Crippen LogP contribution in [0.2, 0.25) is 0 Å². The molecule has 2 unspecified atom stereocenters. The zero-order valence-corrected chi connectivity index (χ0v) is 21.7. The van der Waals surface area contributed by atoms with E-state index in [0.29, 0.717) is 17.9 Å². The van der Waals surface area contributed by atoms with Crippen LogP contribution >= 0.6 is 0 Å². The summed E-state index contributed by atoms with van der Waals surface area (Å²) in [5.41, 5.74) is 6.29. The molecule has 10 nitrogen and oxygen atoms in total. The molecule has 2 aliphatic heterocycles. The van der Waals surface area contributed by atoms with Crippen molar-refractivity contribution in [2.75, 3.05) is 36.9 Å². The van der Waals surface area contributed by atoms with E-state index in [1.807, 2.05) is 0 Å². The Morgan fingerprint density at radius 3 is 2.35 bits per heavy atom. The van der Waals surface area contributed by atoms with E-state index >= 15 is 0 Å². The molecule has 192 valence electrons. The average Bonchev–Trinajstić information content (AvgIpc) is 3.23. The smallest absolute Gasteiger partial charge is 0.282 e. The van der Waals surface area contributed by atoms with Gasteiger partial charge in [0.05, 0.1) is 17.3 Å². The monoisotopic (exact) mass is 534 g/mol. The van der Waals surface area contributed by atoms with Crippen LogP contribution in [0.3, 0.4) is 0 Å². The fraction of sp³-hybridized carbons (Fsp3) is 0.762. The first kappa shape index (κ1) is 26.0. The highest BCUT2D eigenvalue weighted by Crippen LogP contribution is 2.39. The lowest BCUT2D eigenvalue weighted by Gasteiger charge is -2.33. The van der Waals surface area contributed by atoms with E-state index in [-0.39, 0.29) is 54.4 Å². The Hall–Kier alpha value is -1.12. The Kier molecular flexibility index (Phi) is 7.71. The summed E-state index contributed by atoms with van der Waals surface area (Å²) in [6, 6.07) is 2.37. The topological polar surface area (TPSA) is 148 Å². The van der Waals surface area contributed by atoms with E-state index in [1.165, 1.54) is 27.3 Å². The van der Waals surface area contributed by atoms with Crippen LogP contribution in [-0.2, 0) is 36.4 Å². The number of hydrogen-bond donors (Lipinski definition) is 1. The first-order chi connectivity index (χ1) is 16.0. The van der Waals surface area contributed by atoms with Gasteiger partial charge >= 0.3 is 0 Å². The average molecular weight is 535 g/mol. The fourth-order valence-electron chi connectivity index (χ4n) is 5.46. The van der Waals surface area contributed by atoms with Crippen molar-refractivity contribution in [2.24, 2.45) is 17.6 Å². The second kappa shape index (κ2) is 10.1. The van der Waals surface area contributed by atoms with Crippen molar-refractivity contribution < 1.29 is 25.3 Å². The van der Waals surface area contributed by atoms with Gasteiger partial charge in [-0.05, 0) is 36.0 Å². The molecule has 3 heterocycles. The van der Waals surface area contributed by atoms with Gasteiger partial charge in [-0.15, -0.1) is 0 Å². The number of rotatable bonds is 7. The third kappa shape index (κ3) is 5.65. The van der Waals surface area contributed by atoms with Gasteiger partial charge in [-0.25, -0.2) is 21.8 Å². The van der Waals surface area contributed by atoms with Crippen molar-refractivity contribution >= 4 is 29.9 Å². The molecular weight excluding hydrogens is 500 g/mol. The van der Waals surface area contributed by atoms with E-state index in [0.717, 1.165) is 25.7 Å². The molecule has 2 N–H and O–H groups in total. The standard InChI is InChI=1S/C21H34N4O6S3/c22-14-17-6-7-23-21(12-17)33(28,29)16-20-13-19(18-4-2-1-3-5-18)15-25(20)34(30,31)24-8-10-32(26,27)11-9-24/h6-7,12,18-20H,1-5,8-11,13-16,22H2. The molecule has 2 atom stereocenters. The summed E-state index contributed by atoms with van der Waals surface area (Å²) >= 11 is 0. The van der Waals surface area contributed by atoms with Gasteiger partial charge in [0.25, 0.3) is 10.2 Å². The third-order valence-corrected chi connectivity index (χ3v) is 12.8. The minimum Gasteiger partial charge on any atom is -0.326 e. The van der Waals surface area contributed by atoms with Crippen LogP contribution in [0.4, 0.5) is 0 Å². The van der Waals surface area contributed by atoms with E-state index in [9.17, 15) is 25.3 Å². The molecule has 34 heavy (non-hydrogen) atoms. The number of nitrogens with zero attached hydrogens (tertiary/aromatic N) is 3. The quantitative estimate of drug-likeness (QED) is 0.534. The summed E-state index contributed by atoms with van der Waals surface area (Å²) in [5, 5.41) is -0.0991. The number of hydrogen-bond acceptors (Lipinski definition) is 8. The molecule has 1 aromatic rings. The molecule has 0 bridgehead atoms. The molecule has 0 aromatic carbocycles. The predicted octanol–water partition coefficient (Wildman–Crippen LogP) is 0.560. The summed E-state index contributed by atoms with van der Waals surface area (Å²) in [5.74, 6) is -0.329. The number of aromatic nitrogens is 1. The maximum atomic E-state index is 13.6. The summed E-state index contributed by atoms with van der Waals surface area (Å²) in [4.78, 5) is 4.01. The largest absolute Gasteiger partial charge is 0.326 e. The normalized spacial score (nSPS) is 27.7. The minimum atomic E-state index is -4.00. The van der Waals surface area contributed by atoms with Crippen LogP contribution < -0.4 is 5.73 Å². The van der Waals surface area contributed by atoms with Crippen molar-refractivity contribution in [1.82, 2.24) is 13.6 Å². The molecule has 2 saturated heterocycles. The highest BCUT2D eigenvalue weighted by atomic mass is 32.2. The van der Waals surface area contributed by atoms with E-state index in [1.54, 1.807) is 6.07 Å². The molecule has 3 aliphatic rings. The SMILES string of the molecule is NCc1ccnc(S(=O)(=O)CC2CC(C3CCCCC3)CN2S(=O)(=O)N2CCS(=O)(=O)CC2)c1. The van der Waals surface area contributed by atoms with Gasteiger partial charge in [0.2, 0.25) is 0 Å². The molecule has 4 rings (SSSR count). The molecular formula is C21H34N4O6S3. The summed E-state index contributed by atoms with van der Waals surface area (Å²) in [6.45, 7) is 0.243. The number of sulfone groups is 2. The zero-order valence-electron chi connectivity index (χ0n) is 19.2. The van der Waals surface area contributed by atoms with Gasteiger partial charge in [0.15, 0.2) is 24.7 Å². The van der Waals surface area contributed by atoms with Crippen LogP contribution in [0.1, 0.15) is 44.1 Å². The summed E-state index contributed by atoms with van der Waals surface area (Å²) in [6.07, 6.45) is 7.32. The summed E-state index contributed by atoms with van der Waals surface area (Å²) < 4.78 is 79.9. The van der Waals surface area contributed by atoms with Crippen molar-refractivity contribution in [2.45, 2.75) is 56.1 Å². The zero-order chi connectivity index (χ0) is 24.6. The Morgan fingerprint density at radius 2 is 1.71 bits per heavy atom. The van der Waals surface area contributed by atoms with Crippen LogP contribution in [0.5, 0.6) is 0 Å². The Bertz CT molecular complexity index is 1180. The minimum absolute atomic E-state index is 0.0899. The van der Waals surface area contributed by atoms with Crippen LogP contribution in [-0.4, -0.2) is 81.8 Å². The van der Waals surface area contributed by atoms with Gasteiger partial charge in [0.1, 0.15) is 0 Å². The van der Waals surface area contributed by atoms with Crippen molar-refractivity contribution in [3.8, 4) is 0 Å². The van der Waals surface area contributed by atoms with Gasteiger partial charge in [-0.2, -0.15) is 17.0 Å². The first-order valence-corrected chi connectivity index (χ1v) is 16.7. The third-order valence-electron chi connectivity index (χ3n) is 7.40. The van der Waals surface area contributed by atoms with Crippen LogP contribution in [0.15, 0.2) is 23.4 Å². The Balaban J connectivity index is 1.60. The van der Waals surface area contributed by atoms with Gasteiger partial charge in [0, 0.05) is 38.4 Å². The maximum Gasteiger partial charge on any atom is 0.282 e. The molecule has 0 spiro atoms. The molecule has 1 aromatic heterocycles. The van der Waals surface area contributed by atoms with Gasteiger partial charge < -0.3 is 5.73 Å². The van der Waals surface area contributed by atoms with Crippen molar-refractivity contribution in [3.05, 3.63) is 23.9 Å². The van der Waals surface area contributed by atoms with Crippen LogP contribution in [0, 0.1) is 11.8 Å². The predicted molar refractivity (Wildman–Crippen MR) is 129 cm³/mol. The molecule has 1 aliphatic carbocycles. The van der Waals surface area contributed by atoms with Crippen molar-refractivity contribution in [3.63, 3.8) is 0 Å². The fourth-order valence-corrected chi connectivity index (χ4v) is 10.4. The van der Waals surface area contributed by atoms with E-state index in [2.05, 4.69) is 4.98 Å². The van der Waals surface area contributed by atoms with E-state index < -0.39 is 35.9 Å².